The van der Waals surface area contributed by atoms with Crippen LogP contribution in [-0.4, -0.2) is 6.54 Å². The van der Waals surface area contributed by atoms with E-state index in [1.54, 1.807) is 0 Å². The van der Waals surface area contributed by atoms with E-state index >= 15 is 0 Å². The van der Waals surface area contributed by atoms with Gasteiger partial charge in [0.15, 0.2) is 0 Å². The topological polar surface area (TPSA) is 14.1 Å². The lowest BCUT2D eigenvalue weighted by Gasteiger charge is -2.04. The molecule has 0 bridgehead atoms. The molecule has 1 heteroatoms. The Morgan fingerprint density at radius 2 is 1.83 bits per heavy atom. The molecule has 0 amide bonds. The summed E-state index contributed by atoms with van der Waals surface area (Å²) in [5, 5.41) is 4.45. The summed E-state index contributed by atoms with van der Waals surface area (Å²) in [6, 6.07) is 10.1. The van der Waals surface area contributed by atoms with E-state index in [-0.39, 0.29) is 0 Å². The van der Waals surface area contributed by atoms with Gasteiger partial charge in [0.2, 0.25) is 0 Å². The first kappa shape index (κ1) is 9.11. The van der Waals surface area contributed by atoms with E-state index in [2.05, 4.69) is 19.2 Å². The zero-order valence-electron chi connectivity index (χ0n) is 7.83. The summed E-state index contributed by atoms with van der Waals surface area (Å²) in [5.41, 5.74) is 1.10. The maximum Gasteiger partial charge on any atom is 0.0574 e. The lowest BCUT2D eigenvalue weighted by molar-refractivity contribution is 0.570. The summed E-state index contributed by atoms with van der Waals surface area (Å²) in [6.45, 7) is 5.39. The van der Waals surface area contributed by atoms with Crippen molar-refractivity contribution < 1.29 is 0 Å². The lowest BCUT2D eigenvalue weighted by atomic mass is 10.1. The van der Waals surface area contributed by atoms with Crippen molar-refractivity contribution in [3.63, 3.8) is 0 Å². The molecule has 0 unspecified atom stereocenters. The summed E-state index contributed by atoms with van der Waals surface area (Å²) < 4.78 is 0. The molecule has 0 aliphatic carbocycles. The van der Waals surface area contributed by atoms with Crippen LogP contribution >= 0.6 is 0 Å². The number of nitrogens with zero attached hydrogens (tertiary/aromatic N) is 1. The summed E-state index contributed by atoms with van der Waals surface area (Å²) in [7, 11) is 0. The first-order valence-electron chi connectivity index (χ1n) is 4.51. The predicted molar refractivity (Wildman–Crippen MR) is 52.6 cm³/mol. The summed E-state index contributed by atoms with van der Waals surface area (Å²) >= 11 is 0. The van der Waals surface area contributed by atoms with Crippen LogP contribution in [0.4, 0.5) is 5.69 Å². The Balaban J connectivity index is 2.25. The number of hydrogen-bond acceptors (Lipinski definition) is 0. The molecule has 0 aliphatic rings. The third kappa shape index (κ3) is 3.42. The van der Waals surface area contributed by atoms with Crippen LogP contribution in [0.5, 0.6) is 0 Å². The summed E-state index contributed by atoms with van der Waals surface area (Å²) in [4.78, 5) is 0. The van der Waals surface area contributed by atoms with Crippen LogP contribution in [0.2, 0.25) is 0 Å². The predicted octanol–water partition coefficient (Wildman–Crippen LogP) is 2.97. The van der Waals surface area contributed by atoms with Gasteiger partial charge < -0.3 is 0 Å². The van der Waals surface area contributed by atoms with E-state index in [0.717, 1.165) is 18.2 Å². The van der Waals surface area contributed by atoms with Gasteiger partial charge in [-0.3, -0.25) is 5.32 Å². The van der Waals surface area contributed by atoms with Crippen LogP contribution in [0, 0.1) is 5.92 Å². The minimum absolute atomic E-state index is 0.748. The number of para-hydroxylation sites is 1. The third-order valence-electron chi connectivity index (χ3n) is 1.76. The zero-order valence-corrected chi connectivity index (χ0v) is 7.83. The second-order valence-corrected chi connectivity index (χ2v) is 3.40. The molecule has 0 aromatic heterocycles. The van der Waals surface area contributed by atoms with Gasteiger partial charge in [0, 0.05) is 6.54 Å². The van der Waals surface area contributed by atoms with Crippen LogP contribution in [0.15, 0.2) is 30.3 Å². The monoisotopic (exact) mass is 162 g/mol. The molecule has 1 aromatic carbocycles. The molecule has 0 atom stereocenters. The zero-order chi connectivity index (χ0) is 8.81. The van der Waals surface area contributed by atoms with Gasteiger partial charge in [0.05, 0.1) is 5.69 Å². The maximum atomic E-state index is 4.45. The molecular weight excluding hydrogens is 146 g/mol. The SMILES string of the molecule is CC(C)CC[N]c1ccccc1. The molecule has 12 heavy (non-hydrogen) atoms. The first-order valence-corrected chi connectivity index (χ1v) is 4.51. The molecule has 0 spiro atoms. The quantitative estimate of drug-likeness (QED) is 0.646. The van der Waals surface area contributed by atoms with E-state index in [9.17, 15) is 0 Å². The van der Waals surface area contributed by atoms with Gasteiger partial charge in [0.25, 0.3) is 0 Å². The summed E-state index contributed by atoms with van der Waals surface area (Å²) in [6.07, 6.45) is 1.18. The van der Waals surface area contributed by atoms with Crippen LogP contribution in [0.3, 0.4) is 0 Å². The van der Waals surface area contributed by atoms with Crippen molar-refractivity contribution in [1.82, 2.24) is 5.32 Å². The van der Waals surface area contributed by atoms with Crippen molar-refractivity contribution >= 4 is 5.69 Å². The average molecular weight is 162 g/mol. The largest absolute Gasteiger partial charge is 0.285 e. The average Bonchev–Trinajstić information content (AvgIpc) is 2.05. The summed E-state index contributed by atoms with van der Waals surface area (Å²) in [5.74, 6) is 0.748. The van der Waals surface area contributed by atoms with Gasteiger partial charge in [-0.15, -0.1) is 0 Å². The maximum absolute atomic E-state index is 4.45. The molecule has 0 saturated heterocycles. The van der Waals surface area contributed by atoms with Gasteiger partial charge in [-0.25, -0.2) is 0 Å². The Hall–Kier alpha value is -0.980. The second kappa shape index (κ2) is 4.81. The number of benzene rings is 1. The fraction of sp³-hybridized carbons (Fsp3) is 0.455. The van der Waals surface area contributed by atoms with Crippen LogP contribution in [0.1, 0.15) is 20.3 Å². The Morgan fingerprint density at radius 1 is 1.17 bits per heavy atom. The van der Waals surface area contributed by atoms with Crippen molar-refractivity contribution in [2.75, 3.05) is 6.54 Å². The Kier molecular flexibility index (Phi) is 3.65. The minimum Gasteiger partial charge on any atom is -0.285 e. The van der Waals surface area contributed by atoms with Gasteiger partial charge in [-0.1, -0.05) is 32.0 Å². The molecule has 65 valence electrons. The molecule has 1 rings (SSSR count). The first-order chi connectivity index (χ1) is 5.79. The second-order valence-electron chi connectivity index (χ2n) is 3.40. The fourth-order valence-corrected chi connectivity index (χ4v) is 0.985. The van der Waals surface area contributed by atoms with Crippen molar-refractivity contribution in [1.29, 1.82) is 0 Å². The molecule has 0 heterocycles. The van der Waals surface area contributed by atoms with E-state index in [4.69, 9.17) is 0 Å². The molecule has 0 fully saturated rings. The van der Waals surface area contributed by atoms with Crippen molar-refractivity contribution in [3.8, 4) is 0 Å². The molecule has 0 aliphatic heterocycles. The standard InChI is InChI=1S/C11H16N/c1-10(2)8-9-12-11-6-4-3-5-7-11/h3-7,10H,8-9H2,1-2H3. The Labute approximate surface area is 74.8 Å². The van der Waals surface area contributed by atoms with E-state index in [1.165, 1.54) is 6.42 Å². The fourth-order valence-electron chi connectivity index (χ4n) is 0.985. The molecule has 1 aromatic rings. The van der Waals surface area contributed by atoms with Crippen molar-refractivity contribution in [2.45, 2.75) is 20.3 Å². The molecule has 1 radical (unpaired) electrons. The van der Waals surface area contributed by atoms with Crippen molar-refractivity contribution in [2.24, 2.45) is 5.92 Å². The molecule has 0 N–H and O–H groups in total. The van der Waals surface area contributed by atoms with Gasteiger partial charge in [0.1, 0.15) is 0 Å². The van der Waals surface area contributed by atoms with Crippen molar-refractivity contribution in [3.05, 3.63) is 30.3 Å². The highest BCUT2D eigenvalue weighted by atomic mass is 14.9. The van der Waals surface area contributed by atoms with E-state index < -0.39 is 0 Å². The highest BCUT2D eigenvalue weighted by Gasteiger charge is 1.94. The van der Waals surface area contributed by atoms with E-state index in [0.29, 0.717) is 0 Å². The number of rotatable bonds is 4. The smallest absolute Gasteiger partial charge is 0.0574 e. The minimum atomic E-state index is 0.748. The Bertz CT molecular complexity index is 204. The van der Waals surface area contributed by atoms with Crippen LogP contribution < -0.4 is 5.32 Å². The van der Waals surface area contributed by atoms with Gasteiger partial charge in [-0.2, -0.15) is 0 Å². The number of hydrogen-bond donors (Lipinski definition) is 0. The Morgan fingerprint density at radius 3 is 2.42 bits per heavy atom. The van der Waals surface area contributed by atoms with E-state index in [1.807, 2.05) is 30.3 Å². The van der Waals surface area contributed by atoms with Crippen LogP contribution in [-0.2, 0) is 0 Å². The highest BCUT2D eigenvalue weighted by molar-refractivity contribution is 5.34. The van der Waals surface area contributed by atoms with Gasteiger partial charge >= 0.3 is 0 Å². The van der Waals surface area contributed by atoms with Crippen LogP contribution in [0.25, 0.3) is 0 Å². The molecule has 0 saturated carbocycles. The molecular formula is C11H16N. The lowest BCUT2D eigenvalue weighted by Crippen LogP contribution is -2.03. The molecule has 1 nitrogen and oxygen atoms in total. The highest BCUT2D eigenvalue weighted by Crippen LogP contribution is 2.06. The third-order valence-corrected chi connectivity index (χ3v) is 1.76. The van der Waals surface area contributed by atoms with Gasteiger partial charge in [-0.05, 0) is 24.5 Å². The normalized spacial score (nSPS) is 10.2.